The van der Waals surface area contributed by atoms with Gasteiger partial charge in [0.1, 0.15) is 0 Å². The standard InChI is InChI=1S/C23H25ClN2O4/c1-29-20-10-9-15(11-21(20)30-19-7-2-3-8-19)16-12-22(27)26(14-16)23(28)25-18-6-4-5-17(24)13-18/h4-6,9-11,13,16,19H,2-3,7-8,12,14H2,1H3,(H,25,28). The van der Waals surface area contributed by atoms with E-state index in [0.29, 0.717) is 28.8 Å². The summed E-state index contributed by atoms with van der Waals surface area (Å²) in [5.41, 5.74) is 1.52. The Morgan fingerprint density at radius 3 is 2.67 bits per heavy atom. The van der Waals surface area contributed by atoms with Crippen molar-refractivity contribution >= 4 is 29.2 Å². The number of likely N-dealkylation sites (tertiary alicyclic amines) is 1. The van der Waals surface area contributed by atoms with Gasteiger partial charge in [-0.1, -0.05) is 23.7 Å². The summed E-state index contributed by atoms with van der Waals surface area (Å²) in [6.07, 6.45) is 4.94. The molecule has 0 aromatic heterocycles. The van der Waals surface area contributed by atoms with E-state index in [2.05, 4.69) is 5.32 Å². The van der Waals surface area contributed by atoms with Gasteiger partial charge in [0.05, 0.1) is 13.2 Å². The Kier molecular flexibility index (Phi) is 6.13. The second-order valence-electron chi connectivity index (χ2n) is 7.78. The number of benzene rings is 2. The highest BCUT2D eigenvalue weighted by Gasteiger charge is 2.35. The molecule has 2 aromatic rings. The topological polar surface area (TPSA) is 67.9 Å². The van der Waals surface area contributed by atoms with Gasteiger partial charge in [-0.05, 0) is 61.6 Å². The summed E-state index contributed by atoms with van der Waals surface area (Å²) in [6, 6.07) is 12.2. The predicted molar refractivity (Wildman–Crippen MR) is 115 cm³/mol. The Morgan fingerprint density at radius 2 is 1.93 bits per heavy atom. The minimum absolute atomic E-state index is 0.0838. The molecule has 1 aliphatic carbocycles. The fraction of sp³-hybridized carbons (Fsp3) is 0.391. The minimum Gasteiger partial charge on any atom is -0.493 e. The lowest BCUT2D eigenvalue weighted by atomic mass is 9.98. The van der Waals surface area contributed by atoms with Crippen molar-refractivity contribution in [1.29, 1.82) is 0 Å². The van der Waals surface area contributed by atoms with Gasteiger partial charge < -0.3 is 14.8 Å². The molecule has 30 heavy (non-hydrogen) atoms. The lowest BCUT2D eigenvalue weighted by Crippen LogP contribution is -2.36. The second-order valence-corrected chi connectivity index (χ2v) is 8.22. The number of rotatable bonds is 5. The van der Waals surface area contributed by atoms with Crippen molar-refractivity contribution in [3.05, 3.63) is 53.1 Å². The van der Waals surface area contributed by atoms with Crippen LogP contribution in [0.1, 0.15) is 43.6 Å². The number of methoxy groups -OCH3 is 1. The first-order chi connectivity index (χ1) is 14.5. The SMILES string of the molecule is COc1ccc(C2CC(=O)N(C(=O)Nc3cccc(Cl)c3)C2)cc1OC1CCCC1. The molecule has 0 radical (unpaired) electrons. The smallest absolute Gasteiger partial charge is 0.328 e. The Hall–Kier alpha value is -2.73. The van der Waals surface area contributed by atoms with Crippen molar-refractivity contribution in [2.24, 2.45) is 0 Å². The summed E-state index contributed by atoms with van der Waals surface area (Å²) in [5.74, 6) is 1.11. The number of carbonyl (C=O) groups excluding carboxylic acids is 2. The van der Waals surface area contributed by atoms with Crippen LogP contribution in [0.2, 0.25) is 5.02 Å². The molecule has 2 aliphatic rings. The number of amides is 3. The highest BCUT2D eigenvalue weighted by molar-refractivity contribution is 6.30. The molecule has 3 amide bonds. The van der Waals surface area contributed by atoms with Crippen molar-refractivity contribution in [1.82, 2.24) is 4.90 Å². The molecule has 1 heterocycles. The molecule has 0 spiro atoms. The molecule has 0 bridgehead atoms. The Labute approximate surface area is 181 Å². The number of hydrogen-bond donors (Lipinski definition) is 1. The molecule has 7 heteroatoms. The Morgan fingerprint density at radius 1 is 1.13 bits per heavy atom. The number of nitrogens with zero attached hydrogens (tertiary/aromatic N) is 1. The van der Waals surface area contributed by atoms with Crippen LogP contribution in [-0.2, 0) is 4.79 Å². The van der Waals surface area contributed by atoms with Crippen molar-refractivity contribution in [2.45, 2.75) is 44.1 Å². The fourth-order valence-corrected chi connectivity index (χ4v) is 4.30. The molecular weight excluding hydrogens is 404 g/mol. The van der Waals surface area contributed by atoms with E-state index in [1.165, 1.54) is 17.7 Å². The minimum atomic E-state index is -0.444. The summed E-state index contributed by atoms with van der Waals surface area (Å²) < 4.78 is 11.6. The van der Waals surface area contributed by atoms with E-state index in [1.54, 1.807) is 31.4 Å². The molecule has 4 rings (SSSR count). The molecule has 2 aromatic carbocycles. The average molecular weight is 429 g/mol. The summed E-state index contributed by atoms with van der Waals surface area (Å²) in [6.45, 7) is 0.320. The number of imide groups is 1. The van der Waals surface area contributed by atoms with Crippen LogP contribution in [0, 0.1) is 0 Å². The molecule has 1 aliphatic heterocycles. The number of halogens is 1. The van der Waals surface area contributed by atoms with Crippen LogP contribution in [0.15, 0.2) is 42.5 Å². The van der Waals surface area contributed by atoms with Gasteiger partial charge in [-0.15, -0.1) is 0 Å². The van der Waals surface area contributed by atoms with Crippen LogP contribution < -0.4 is 14.8 Å². The van der Waals surface area contributed by atoms with E-state index in [4.69, 9.17) is 21.1 Å². The van der Waals surface area contributed by atoms with E-state index in [1.807, 2.05) is 18.2 Å². The predicted octanol–water partition coefficient (Wildman–Crippen LogP) is 5.22. The van der Waals surface area contributed by atoms with E-state index in [9.17, 15) is 9.59 Å². The fourth-order valence-electron chi connectivity index (χ4n) is 4.11. The van der Waals surface area contributed by atoms with Crippen molar-refractivity contribution in [3.8, 4) is 11.5 Å². The molecule has 1 saturated heterocycles. The molecule has 1 N–H and O–H groups in total. The zero-order valence-electron chi connectivity index (χ0n) is 16.9. The van der Waals surface area contributed by atoms with Crippen LogP contribution in [0.25, 0.3) is 0 Å². The zero-order chi connectivity index (χ0) is 21.1. The van der Waals surface area contributed by atoms with Gasteiger partial charge in [0.25, 0.3) is 0 Å². The number of hydrogen-bond acceptors (Lipinski definition) is 4. The van der Waals surface area contributed by atoms with Gasteiger partial charge in [-0.2, -0.15) is 0 Å². The summed E-state index contributed by atoms with van der Waals surface area (Å²) in [7, 11) is 1.62. The highest BCUT2D eigenvalue weighted by Crippen LogP contribution is 2.37. The first-order valence-corrected chi connectivity index (χ1v) is 10.6. The summed E-state index contributed by atoms with van der Waals surface area (Å²) in [4.78, 5) is 26.4. The number of nitrogens with one attached hydrogen (secondary N) is 1. The molecule has 1 saturated carbocycles. The van der Waals surface area contributed by atoms with Gasteiger partial charge in [-0.3, -0.25) is 9.69 Å². The van der Waals surface area contributed by atoms with E-state index >= 15 is 0 Å². The maximum absolute atomic E-state index is 12.6. The third-order valence-electron chi connectivity index (χ3n) is 5.70. The van der Waals surface area contributed by atoms with Crippen molar-refractivity contribution in [2.75, 3.05) is 19.0 Å². The normalized spacial score (nSPS) is 19.2. The van der Waals surface area contributed by atoms with E-state index < -0.39 is 6.03 Å². The van der Waals surface area contributed by atoms with Crippen LogP contribution in [0.5, 0.6) is 11.5 Å². The third-order valence-corrected chi connectivity index (χ3v) is 5.94. The van der Waals surface area contributed by atoms with Gasteiger partial charge in [0.15, 0.2) is 11.5 Å². The Bertz CT molecular complexity index is 943. The lowest BCUT2D eigenvalue weighted by Gasteiger charge is -2.19. The summed E-state index contributed by atoms with van der Waals surface area (Å²) in [5, 5.41) is 3.26. The highest BCUT2D eigenvalue weighted by atomic mass is 35.5. The first kappa shape index (κ1) is 20.5. The maximum Gasteiger partial charge on any atom is 0.328 e. The quantitative estimate of drug-likeness (QED) is 0.709. The third kappa shape index (κ3) is 4.54. The monoisotopic (exact) mass is 428 g/mol. The maximum atomic E-state index is 12.6. The summed E-state index contributed by atoms with van der Waals surface area (Å²) >= 11 is 5.97. The lowest BCUT2D eigenvalue weighted by molar-refractivity contribution is -0.125. The van der Waals surface area contributed by atoms with Gasteiger partial charge in [0, 0.05) is 29.6 Å². The number of ether oxygens (including phenoxy) is 2. The van der Waals surface area contributed by atoms with Gasteiger partial charge in [0.2, 0.25) is 5.91 Å². The van der Waals surface area contributed by atoms with Crippen molar-refractivity contribution in [3.63, 3.8) is 0 Å². The number of anilines is 1. The molecule has 1 atom stereocenters. The molecular formula is C23H25ClN2O4. The van der Waals surface area contributed by atoms with E-state index in [-0.39, 0.29) is 24.3 Å². The molecule has 1 unspecified atom stereocenters. The van der Waals surface area contributed by atoms with Gasteiger partial charge in [-0.25, -0.2) is 4.79 Å². The van der Waals surface area contributed by atoms with E-state index in [0.717, 1.165) is 18.4 Å². The first-order valence-electron chi connectivity index (χ1n) is 10.2. The van der Waals surface area contributed by atoms with Crippen molar-refractivity contribution < 1.29 is 19.1 Å². The zero-order valence-corrected chi connectivity index (χ0v) is 17.7. The largest absolute Gasteiger partial charge is 0.493 e. The molecule has 158 valence electrons. The average Bonchev–Trinajstić information content (AvgIpc) is 3.37. The number of urea groups is 1. The molecule has 2 fully saturated rings. The van der Waals surface area contributed by atoms with Crippen LogP contribution in [0.3, 0.4) is 0 Å². The van der Waals surface area contributed by atoms with Crippen LogP contribution in [0.4, 0.5) is 10.5 Å². The van der Waals surface area contributed by atoms with Gasteiger partial charge >= 0.3 is 6.03 Å². The van der Waals surface area contributed by atoms with Crippen LogP contribution >= 0.6 is 11.6 Å². The Balaban J connectivity index is 1.47. The number of carbonyl (C=O) groups is 2. The molecule has 6 nitrogen and oxygen atoms in total. The van der Waals surface area contributed by atoms with Crippen LogP contribution in [-0.4, -0.2) is 36.6 Å². The second kappa shape index (κ2) is 8.96.